The average molecular weight is 369 g/mol. The van der Waals surface area contributed by atoms with Gasteiger partial charge in [-0.25, -0.2) is 8.42 Å². The second-order valence-electron chi connectivity index (χ2n) is 6.88. The smallest absolute Gasteiger partial charge is 0.238 e. The van der Waals surface area contributed by atoms with Crippen molar-refractivity contribution in [2.45, 2.75) is 70.1 Å². The Morgan fingerprint density at radius 3 is 2.16 bits per heavy atom. The second kappa shape index (κ2) is 9.34. The maximum Gasteiger partial charge on any atom is 0.238 e. The summed E-state index contributed by atoms with van der Waals surface area (Å²) in [6, 6.07) is 7.68. The third kappa shape index (κ3) is 6.12. The molecule has 1 rings (SSSR count). The maximum atomic E-state index is 12.9. The lowest BCUT2D eigenvalue weighted by atomic mass is 9.92. The third-order valence-corrected chi connectivity index (χ3v) is 7.00. The van der Waals surface area contributed by atoms with Gasteiger partial charge in [-0.3, -0.25) is 4.79 Å². The zero-order chi connectivity index (χ0) is 19.1. The van der Waals surface area contributed by atoms with Crippen LogP contribution in [0.2, 0.25) is 0 Å². The van der Waals surface area contributed by atoms with Crippen molar-refractivity contribution in [1.82, 2.24) is 0 Å². The zero-order valence-electron chi connectivity index (χ0n) is 15.6. The van der Waals surface area contributed by atoms with Crippen LogP contribution in [-0.2, 0) is 27.5 Å². The Bertz CT molecular complexity index is 667. The van der Waals surface area contributed by atoms with Gasteiger partial charge in [-0.1, -0.05) is 57.9 Å². The molecule has 0 spiro atoms. The van der Waals surface area contributed by atoms with Crippen LogP contribution in [0.15, 0.2) is 24.3 Å². The van der Waals surface area contributed by atoms with Gasteiger partial charge in [0.15, 0.2) is 9.84 Å². The van der Waals surface area contributed by atoms with Gasteiger partial charge in [0.25, 0.3) is 0 Å². The van der Waals surface area contributed by atoms with E-state index in [0.717, 1.165) is 30.4 Å². The molecule has 1 atom stereocenters. The average Bonchev–Trinajstić information content (AvgIpc) is 2.54. The highest BCUT2D eigenvalue weighted by Gasteiger charge is 2.40. The molecule has 5 nitrogen and oxygen atoms in total. The Balaban J connectivity index is 3.09. The molecule has 1 amide bonds. The van der Waals surface area contributed by atoms with Crippen molar-refractivity contribution >= 4 is 15.7 Å². The first-order valence-electron chi connectivity index (χ1n) is 9.06. The first-order chi connectivity index (χ1) is 11.7. The first kappa shape index (κ1) is 21.6. The van der Waals surface area contributed by atoms with Crippen LogP contribution >= 0.6 is 0 Å². The van der Waals surface area contributed by atoms with Crippen LogP contribution in [0.4, 0.5) is 0 Å². The molecule has 0 aliphatic carbocycles. The number of carbonyl (C=O) groups excluding carboxylic acids is 1. The molecule has 0 fully saturated rings. The van der Waals surface area contributed by atoms with Crippen LogP contribution in [0.25, 0.3) is 0 Å². The number of aryl methyl sites for hydroxylation is 1. The highest BCUT2D eigenvalue weighted by molar-refractivity contribution is 7.92. The van der Waals surface area contributed by atoms with Crippen molar-refractivity contribution in [2.24, 2.45) is 11.5 Å². The Labute approximate surface area is 152 Å². The molecule has 0 unspecified atom stereocenters. The van der Waals surface area contributed by atoms with Gasteiger partial charge >= 0.3 is 0 Å². The van der Waals surface area contributed by atoms with Crippen LogP contribution in [-0.4, -0.2) is 30.9 Å². The van der Waals surface area contributed by atoms with Gasteiger partial charge in [0.2, 0.25) is 5.91 Å². The Morgan fingerprint density at radius 2 is 1.68 bits per heavy atom. The quantitative estimate of drug-likeness (QED) is 0.625. The number of amides is 1. The van der Waals surface area contributed by atoms with Crippen molar-refractivity contribution in [2.75, 3.05) is 5.75 Å². The van der Waals surface area contributed by atoms with Crippen molar-refractivity contribution in [3.8, 4) is 0 Å². The molecule has 142 valence electrons. The molecule has 1 aromatic carbocycles. The fourth-order valence-electron chi connectivity index (χ4n) is 3.16. The Hall–Kier alpha value is -1.40. The number of hydrogen-bond acceptors (Lipinski definition) is 4. The van der Waals surface area contributed by atoms with E-state index in [0.29, 0.717) is 12.8 Å². The van der Waals surface area contributed by atoms with E-state index in [-0.39, 0.29) is 6.42 Å². The fraction of sp³-hybridized carbons (Fsp3) is 0.632. The highest BCUT2D eigenvalue weighted by atomic mass is 32.2. The third-order valence-electron chi connectivity index (χ3n) is 4.60. The maximum absolute atomic E-state index is 12.9. The molecule has 0 saturated heterocycles. The summed E-state index contributed by atoms with van der Waals surface area (Å²) in [7, 11) is -3.51. The molecule has 0 aliphatic heterocycles. The minimum Gasteiger partial charge on any atom is -0.368 e. The first-order valence-corrected chi connectivity index (χ1v) is 10.8. The van der Waals surface area contributed by atoms with Gasteiger partial charge < -0.3 is 11.5 Å². The van der Waals surface area contributed by atoms with E-state index in [1.165, 1.54) is 0 Å². The number of benzene rings is 1. The van der Waals surface area contributed by atoms with Crippen molar-refractivity contribution in [3.05, 3.63) is 35.4 Å². The Morgan fingerprint density at radius 1 is 1.12 bits per heavy atom. The molecule has 0 aliphatic rings. The summed E-state index contributed by atoms with van der Waals surface area (Å²) in [5.74, 6) is -1.18. The van der Waals surface area contributed by atoms with Crippen LogP contribution in [0.1, 0.15) is 57.6 Å². The van der Waals surface area contributed by atoms with Crippen molar-refractivity contribution in [3.63, 3.8) is 0 Å². The predicted octanol–water partition coefficient (Wildman–Crippen LogP) is 2.36. The number of sulfone groups is 1. The highest BCUT2D eigenvalue weighted by Crippen LogP contribution is 2.22. The van der Waals surface area contributed by atoms with Gasteiger partial charge in [0, 0.05) is 6.42 Å². The van der Waals surface area contributed by atoms with E-state index >= 15 is 0 Å². The van der Waals surface area contributed by atoms with E-state index in [9.17, 15) is 13.2 Å². The SMILES string of the molecule is CCCC(CCC)S(=O)(=O)C[C@@](N)(Cc1cccc(CC)c1)C(N)=O. The molecule has 0 aromatic heterocycles. The molecule has 6 heteroatoms. The summed E-state index contributed by atoms with van der Waals surface area (Å²) in [4.78, 5) is 12.0. The number of primary amides is 1. The van der Waals surface area contributed by atoms with Gasteiger partial charge in [0.1, 0.15) is 5.54 Å². The van der Waals surface area contributed by atoms with Gasteiger partial charge in [-0.2, -0.15) is 0 Å². The zero-order valence-corrected chi connectivity index (χ0v) is 16.4. The lowest BCUT2D eigenvalue weighted by Crippen LogP contribution is -2.59. The monoisotopic (exact) mass is 368 g/mol. The van der Waals surface area contributed by atoms with Crippen LogP contribution in [0.3, 0.4) is 0 Å². The lowest BCUT2D eigenvalue weighted by molar-refractivity contribution is -0.122. The van der Waals surface area contributed by atoms with E-state index in [4.69, 9.17) is 11.5 Å². The van der Waals surface area contributed by atoms with Crippen LogP contribution in [0, 0.1) is 0 Å². The number of nitrogens with two attached hydrogens (primary N) is 2. The summed E-state index contributed by atoms with van der Waals surface area (Å²) < 4.78 is 25.7. The van der Waals surface area contributed by atoms with Gasteiger partial charge in [-0.05, 0) is 30.4 Å². The molecular weight excluding hydrogens is 336 g/mol. The largest absolute Gasteiger partial charge is 0.368 e. The molecule has 0 bridgehead atoms. The molecule has 4 N–H and O–H groups in total. The molecule has 0 saturated carbocycles. The van der Waals surface area contributed by atoms with Crippen LogP contribution in [0.5, 0.6) is 0 Å². The fourth-order valence-corrected chi connectivity index (χ4v) is 5.54. The van der Waals surface area contributed by atoms with Gasteiger partial charge in [-0.15, -0.1) is 0 Å². The molecular formula is C19H32N2O3S. The Kier molecular flexibility index (Phi) is 8.09. The van der Waals surface area contributed by atoms with E-state index in [1.807, 2.05) is 45.0 Å². The summed E-state index contributed by atoms with van der Waals surface area (Å²) in [6.07, 6.45) is 3.69. The predicted molar refractivity (Wildman–Crippen MR) is 103 cm³/mol. The minimum atomic E-state index is -3.51. The van der Waals surface area contributed by atoms with Crippen LogP contribution < -0.4 is 11.5 Å². The lowest BCUT2D eigenvalue weighted by Gasteiger charge is -2.28. The number of rotatable bonds is 11. The second-order valence-corrected chi connectivity index (χ2v) is 9.16. The summed E-state index contributed by atoms with van der Waals surface area (Å²) >= 11 is 0. The number of carbonyl (C=O) groups is 1. The normalized spacial score (nSPS) is 14.4. The van der Waals surface area contributed by atoms with Gasteiger partial charge in [0.05, 0.1) is 11.0 Å². The number of hydrogen-bond donors (Lipinski definition) is 2. The van der Waals surface area contributed by atoms with Crippen molar-refractivity contribution in [1.29, 1.82) is 0 Å². The van der Waals surface area contributed by atoms with E-state index in [1.54, 1.807) is 0 Å². The summed E-state index contributed by atoms with van der Waals surface area (Å²) in [5, 5.41) is -0.466. The van der Waals surface area contributed by atoms with Crippen molar-refractivity contribution < 1.29 is 13.2 Å². The molecule has 0 radical (unpaired) electrons. The molecule has 0 heterocycles. The van der Waals surface area contributed by atoms with E-state index < -0.39 is 32.3 Å². The summed E-state index contributed by atoms with van der Waals surface area (Å²) in [6.45, 7) is 5.95. The van der Waals surface area contributed by atoms with E-state index in [2.05, 4.69) is 0 Å². The topological polar surface area (TPSA) is 103 Å². The minimum absolute atomic E-state index is 0.125. The standard InChI is InChI=1S/C19H32N2O3S/c1-4-8-17(9-5-2)25(23,24)14-19(21,18(20)22)13-16-11-7-10-15(6-3)12-16/h7,10-12,17H,4-6,8-9,13-14,21H2,1-3H3,(H2,20,22)/t19-/m0/s1. The molecule has 25 heavy (non-hydrogen) atoms. The summed E-state index contributed by atoms with van der Waals surface area (Å²) in [5.41, 5.74) is 12.1. The molecule has 1 aromatic rings.